The van der Waals surface area contributed by atoms with Crippen molar-refractivity contribution in [1.29, 1.82) is 0 Å². The maximum Gasteiger partial charge on any atom is 0.225 e. The van der Waals surface area contributed by atoms with Crippen LogP contribution in [0.25, 0.3) is 0 Å². The van der Waals surface area contributed by atoms with Crippen LogP contribution in [-0.2, 0) is 0 Å². The van der Waals surface area contributed by atoms with Gasteiger partial charge in [0.1, 0.15) is 0 Å². The van der Waals surface area contributed by atoms with Crippen molar-refractivity contribution in [1.82, 2.24) is 9.97 Å². The van der Waals surface area contributed by atoms with E-state index in [2.05, 4.69) is 25.9 Å². The summed E-state index contributed by atoms with van der Waals surface area (Å²) in [5, 5.41) is 0. The van der Waals surface area contributed by atoms with Crippen LogP contribution in [0.1, 0.15) is 0 Å². The Morgan fingerprint density at radius 1 is 1.50 bits per heavy atom. The van der Waals surface area contributed by atoms with Crippen LogP contribution in [0, 0.1) is 0 Å². The minimum absolute atomic E-state index is 0.607. The molecule has 0 spiro atoms. The Balaban J connectivity index is 2.68. The molecule has 0 fully saturated rings. The topological polar surface area (TPSA) is 55.0 Å². The van der Waals surface area contributed by atoms with E-state index in [9.17, 15) is 0 Å². The summed E-state index contributed by atoms with van der Waals surface area (Å²) in [7, 11) is 1.91. The molecule has 66 valence electrons. The molecule has 0 atom stereocenters. The molecule has 2 N–H and O–H groups in total. The third-order valence-corrected chi connectivity index (χ3v) is 1.82. The van der Waals surface area contributed by atoms with E-state index in [1.807, 2.05) is 11.9 Å². The van der Waals surface area contributed by atoms with Gasteiger partial charge in [-0.3, -0.25) is 0 Å². The number of nitrogens with zero attached hydrogens (tertiary/aromatic N) is 3. The summed E-state index contributed by atoms with van der Waals surface area (Å²) in [6.07, 6.45) is 3.44. The van der Waals surface area contributed by atoms with Gasteiger partial charge in [-0.25, -0.2) is 9.97 Å². The maximum atomic E-state index is 5.39. The van der Waals surface area contributed by atoms with E-state index in [0.29, 0.717) is 12.5 Å². The summed E-state index contributed by atoms with van der Waals surface area (Å²) in [6, 6.07) is 0. The van der Waals surface area contributed by atoms with E-state index in [1.54, 1.807) is 12.4 Å². The van der Waals surface area contributed by atoms with Crippen molar-refractivity contribution >= 4 is 21.9 Å². The summed E-state index contributed by atoms with van der Waals surface area (Å²) in [5.41, 5.74) is 5.39. The molecule has 4 nitrogen and oxygen atoms in total. The molecule has 0 unspecified atom stereocenters. The van der Waals surface area contributed by atoms with Gasteiger partial charge < -0.3 is 10.6 Å². The van der Waals surface area contributed by atoms with Crippen molar-refractivity contribution in [3.63, 3.8) is 0 Å². The Bertz CT molecular complexity index is 236. The minimum Gasteiger partial charge on any atom is -0.343 e. The zero-order chi connectivity index (χ0) is 8.97. The Labute approximate surface area is 79.9 Å². The van der Waals surface area contributed by atoms with Crippen LogP contribution in [0.15, 0.2) is 16.9 Å². The molecule has 0 aliphatic carbocycles. The molecule has 0 aliphatic heterocycles. The molecule has 0 radical (unpaired) electrons. The van der Waals surface area contributed by atoms with E-state index in [4.69, 9.17) is 5.73 Å². The Morgan fingerprint density at radius 3 is 2.58 bits per heavy atom. The SMILES string of the molecule is CN(CCN)c1ncc(Br)cn1. The molecule has 1 aromatic rings. The third kappa shape index (κ3) is 2.42. The molecule has 0 amide bonds. The largest absolute Gasteiger partial charge is 0.343 e. The molecular formula is C7H11BrN4. The number of hydrogen-bond acceptors (Lipinski definition) is 4. The second kappa shape index (κ2) is 4.37. The number of anilines is 1. The lowest BCUT2D eigenvalue weighted by molar-refractivity contribution is 0.844. The van der Waals surface area contributed by atoms with E-state index in [0.717, 1.165) is 11.0 Å². The highest BCUT2D eigenvalue weighted by molar-refractivity contribution is 9.10. The molecule has 12 heavy (non-hydrogen) atoms. The van der Waals surface area contributed by atoms with Gasteiger partial charge in [0.25, 0.3) is 0 Å². The molecule has 1 heterocycles. The van der Waals surface area contributed by atoms with Gasteiger partial charge in [0.05, 0.1) is 4.47 Å². The Morgan fingerprint density at radius 2 is 2.08 bits per heavy atom. The van der Waals surface area contributed by atoms with E-state index in [-0.39, 0.29) is 0 Å². The smallest absolute Gasteiger partial charge is 0.225 e. The zero-order valence-electron chi connectivity index (χ0n) is 6.87. The average Bonchev–Trinajstić information content (AvgIpc) is 2.06. The van der Waals surface area contributed by atoms with Gasteiger partial charge in [-0.2, -0.15) is 0 Å². The van der Waals surface area contributed by atoms with Gasteiger partial charge in [0, 0.05) is 32.5 Å². The highest BCUT2D eigenvalue weighted by atomic mass is 79.9. The third-order valence-electron chi connectivity index (χ3n) is 1.41. The van der Waals surface area contributed by atoms with Crippen molar-refractivity contribution in [2.75, 3.05) is 25.0 Å². The molecule has 0 saturated heterocycles. The summed E-state index contributed by atoms with van der Waals surface area (Å²) >= 11 is 3.27. The van der Waals surface area contributed by atoms with Gasteiger partial charge in [-0.1, -0.05) is 0 Å². The second-order valence-electron chi connectivity index (χ2n) is 2.41. The molecule has 5 heteroatoms. The fraction of sp³-hybridized carbons (Fsp3) is 0.429. The lowest BCUT2D eigenvalue weighted by atomic mass is 10.5. The molecule has 1 rings (SSSR count). The summed E-state index contributed by atoms with van der Waals surface area (Å²) in [6.45, 7) is 1.37. The fourth-order valence-electron chi connectivity index (χ4n) is 0.796. The van der Waals surface area contributed by atoms with Crippen LogP contribution in [0.4, 0.5) is 5.95 Å². The van der Waals surface area contributed by atoms with E-state index < -0.39 is 0 Å². The highest BCUT2D eigenvalue weighted by Gasteiger charge is 2.00. The molecule has 0 aliphatic rings. The van der Waals surface area contributed by atoms with E-state index in [1.165, 1.54) is 0 Å². The Kier molecular flexibility index (Phi) is 3.43. The fourth-order valence-corrected chi connectivity index (χ4v) is 1.00. The standard InChI is InChI=1S/C7H11BrN4/c1-12(3-2-9)7-10-4-6(8)5-11-7/h4-5H,2-3,9H2,1H3. The first-order chi connectivity index (χ1) is 5.74. The molecular weight excluding hydrogens is 220 g/mol. The van der Waals surface area contributed by atoms with Crippen molar-refractivity contribution in [3.05, 3.63) is 16.9 Å². The van der Waals surface area contributed by atoms with Crippen molar-refractivity contribution < 1.29 is 0 Å². The number of rotatable bonds is 3. The number of hydrogen-bond donors (Lipinski definition) is 1. The van der Waals surface area contributed by atoms with Crippen LogP contribution in [0.3, 0.4) is 0 Å². The lowest BCUT2D eigenvalue weighted by Crippen LogP contribution is -2.26. The molecule has 1 aromatic heterocycles. The lowest BCUT2D eigenvalue weighted by Gasteiger charge is -2.14. The maximum absolute atomic E-state index is 5.39. The van der Waals surface area contributed by atoms with Crippen LogP contribution in [-0.4, -0.2) is 30.1 Å². The monoisotopic (exact) mass is 230 g/mol. The van der Waals surface area contributed by atoms with Crippen LogP contribution in [0.5, 0.6) is 0 Å². The number of aromatic nitrogens is 2. The van der Waals surface area contributed by atoms with E-state index >= 15 is 0 Å². The molecule has 0 bridgehead atoms. The van der Waals surface area contributed by atoms with Gasteiger partial charge in [-0.05, 0) is 15.9 Å². The van der Waals surface area contributed by atoms with Crippen molar-refractivity contribution in [2.24, 2.45) is 5.73 Å². The summed E-state index contributed by atoms with van der Waals surface area (Å²) < 4.78 is 0.882. The number of likely N-dealkylation sites (N-methyl/N-ethyl adjacent to an activating group) is 1. The normalized spacial score (nSPS) is 9.92. The van der Waals surface area contributed by atoms with Gasteiger partial charge >= 0.3 is 0 Å². The van der Waals surface area contributed by atoms with Gasteiger partial charge in [0.15, 0.2) is 0 Å². The van der Waals surface area contributed by atoms with Gasteiger partial charge in [-0.15, -0.1) is 0 Å². The van der Waals surface area contributed by atoms with Crippen LogP contribution in [0.2, 0.25) is 0 Å². The quantitative estimate of drug-likeness (QED) is 0.829. The van der Waals surface area contributed by atoms with Gasteiger partial charge in [0.2, 0.25) is 5.95 Å². The number of halogens is 1. The predicted octanol–water partition coefficient (Wildman–Crippen LogP) is 0.634. The molecule has 0 aromatic carbocycles. The molecule has 0 saturated carbocycles. The van der Waals surface area contributed by atoms with Crippen molar-refractivity contribution in [2.45, 2.75) is 0 Å². The zero-order valence-corrected chi connectivity index (χ0v) is 8.45. The summed E-state index contributed by atoms with van der Waals surface area (Å²) in [4.78, 5) is 10.1. The van der Waals surface area contributed by atoms with Crippen LogP contribution < -0.4 is 10.6 Å². The number of nitrogens with two attached hydrogens (primary N) is 1. The highest BCUT2D eigenvalue weighted by Crippen LogP contribution is 2.08. The second-order valence-corrected chi connectivity index (χ2v) is 3.33. The summed E-state index contributed by atoms with van der Waals surface area (Å²) in [5.74, 6) is 0.698. The minimum atomic E-state index is 0.607. The van der Waals surface area contributed by atoms with Crippen LogP contribution >= 0.6 is 15.9 Å². The average molecular weight is 231 g/mol. The first-order valence-corrected chi connectivity index (χ1v) is 4.42. The first kappa shape index (κ1) is 9.41. The van der Waals surface area contributed by atoms with Crippen molar-refractivity contribution in [3.8, 4) is 0 Å². The first-order valence-electron chi connectivity index (χ1n) is 3.63. The Hall–Kier alpha value is -0.680. The predicted molar refractivity (Wildman–Crippen MR) is 52.1 cm³/mol.